The third-order valence-corrected chi connectivity index (χ3v) is 6.06. The summed E-state index contributed by atoms with van der Waals surface area (Å²) in [4.78, 5) is 35.3. The second-order valence-electron chi connectivity index (χ2n) is 8.32. The van der Waals surface area contributed by atoms with Crippen LogP contribution >= 0.6 is 11.8 Å². The number of nitro benzene ring substituents is 1. The highest BCUT2D eigenvalue weighted by Crippen LogP contribution is 2.18. The molecule has 1 amide bonds. The maximum atomic E-state index is 12.6. The van der Waals surface area contributed by atoms with E-state index in [4.69, 9.17) is 4.74 Å². The zero-order valence-corrected chi connectivity index (χ0v) is 21.6. The summed E-state index contributed by atoms with van der Waals surface area (Å²) in [6.07, 6.45) is 10.8. The molecular formula is C26H36N2O5S. The minimum Gasteiger partial charge on any atom is -0.467 e. The fourth-order valence-electron chi connectivity index (χ4n) is 3.10. The zero-order valence-electron chi connectivity index (χ0n) is 20.8. The second kappa shape index (κ2) is 15.9. The van der Waals surface area contributed by atoms with Crippen molar-refractivity contribution in [1.82, 2.24) is 5.32 Å². The van der Waals surface area contributed by atoms with Crippen LogP contribution in [0.4, 0.5) is 5.69 Å². The topological polar surface area (TPSA) is 98.5 Å². The van der Waals surface area contributed by atoms with Crippen LogP contribution in [0.25, 0.3) is 0 Å². The molecular weight excluding hydrogens is 452 g/mol. The molecule has 0 unspecified atom stereocenters. The first-order valence-electron chi connectivity index (χ1n) is 11.3. The normalized spacial score (nSPS) is 12.6. The Kier molecular flexibility index (Phi) is 13.6. The lowest BCUT2D eigenvalue weighted by atomic mass is 10.1. The fourth-order valence-corrected chi connectivity index (χ4v) is 4.09. The number of nitrogens with one attached hydrogen (secondary N) is 1. The van der Waals surface area contributed by atoms with Crippen molar-refractivity contribution in [3.63, 3.8) is 0 Å². The molecule has 0 spiro atoms. The Labute approximate surface area is 206 Å². The van der Waals surface area contributed by atoms with Gasteiger partial charge in [0, 0.05) is 17.6 Å². The number of para-hydroxylation sites is 1. The van der Waals surface area contributed by atoms with Crippen LogP contribution in [-0.4, -0.2) is 41.5 Å². The molecule has 0 aliphatic carbocycles. The van der Waals surface area contributed by atoms with Gasteiger partial charge in [0.15, 0.2) is 0 Å². The van der Waals surface area contributed by atoms with E-state index in [0.29, 0.717) is 11.5 Å². The van der Waals surface area contributed by atoms with E-state index in [-0.39, 0.29) is 11.3 Å². The highest BCUT2D eigenvalue weighted by molar-refractivity contribution is 7.99. The second-order valence-corrected chi connectivity index (χ2v) is 9.40. The Morgan fingerprint density at radius 1 is 1.06 bits per heavy atom. The fraction of sp³-hybridized carbons (Fsp3) is 0.462. The SMILES string of the molecule is COC(=O)[C@H](CSC/C=C(\C)CC/C=C(\C)CCC=C(C)C)NC(=O)c1ccccc1[N+](=O)[O-]. The van der Waals surface area contributed by atoms with E-state index in [1.54, 1.807) is 0 Å². The standard InChI is InChI=1S/C26H36N2O5S/c1-19(2)10-8-11-20(3)12-9-13-21(4)16-17-34-18-23(26(30)33-5)27-25(29)22-14-6-7-15-24(22)28(31)32/h6-7,10,12,14-16,23H,8-9,11,13,17-18H2,1-5H3,(H,27,29)/b20-12+,21-16+/t23-/m0/s1. The maximum Gasteiger partial charge on any atom is 0.329 e. The molecule has 1 rings (SSSR count). The van der Waals surface area contributed by atoms with Crippen molar-refractivity contribution in [3.8, 4) is 0 Å². The maximum absolute atomic E-state index is 12.6. The number of hydrogen-bond acceptors (Lipinski definition) is 6. The van der Waals surface area contributed by atoms with Crippen LogP contribution in [0, 0.1) is 10.1 Å². The Morgan fingerprint density at radius 3 is 2.29 bits per heavy atom. The molecule has 0 saturated heterocycles. The molecule has 0 saturated carbocycles. The summed E-state index contributed by atoms with van der Waals surface area (Å²) < 4.78 is 4.80. The summed E-state index contributed by atoms with van der Waals surface area (Å²) in [7, 11) is 1.25. The summed E-state index contributed by atoms with van der Waals surface area (Å²) in [5.74, 6) is -0.286. The highest BCUT2D eigenvalue weighted by atomic mass is 32.2. The number of nitrogens with zero attached hydrogens (tertiary/aromatic N) is 1. The largest absolute Gasteiger partial charge is 0.467 e. The summed E-state index contributed by atoms with van der Waals surface area (Å²) in [6, 6.07) is 4.74. The van der Waals surface area contributed by atoms with Crippen molar-refractivity contribution >= 4 is 29.3 Å². The Morgan fingerprint density at radius 2 is 1.68 bits per heavy atom. The van der Waals surface area contributed by atoms with E-state index < -0.39 is 22.8 Å². The number of esters is 1. The molecule has 0 aliphatic rings. The first-order valence-corrected chi connectivity index (χ1v) is 12.5. The third-order valence-electron chi connectivity index (χ3n) is 5.09. The third kappa shape index (κ3) is 11.3. The van der Waals surface area contributed by atoms with Gasteiger partial charge >= 0.3 is 5.97 Å². The van der Waals surface area contributed by atoms with Crippen molar-refractivity contribution in [2.45, 2.75) is 59.4 Å². The van der Waals surface area contributed by atoms with Gasteiger partial charge in [-0.3, -0.25) is 14.9 Å². The van der Waals surface area contributed by atoms with Gasteiger partial charge in [-0.05, 0) is 59.4 Å². The first kappa shape index (κ1) is 29.2. The van der Waals surface area contributed by atoms with Crippen LogP contribution in [0.15, 0.2) is 59.2 Å². The number of carbonyl (C=O) groups is 2. The molecule has 1 aromatic rings. The van der Waals surface area contributed by atoms with Gasteiger partial charge in [0.1, 0.15) is 11.6 Å². The van der Waals surface area contributed by atoms with Gasteiger partial charge in [0.25, 0.3) is 11.6 Å². The number of ether oxygens (including phenoxy) is 1. The molecule has 0 radical (unpaired) electrons. The molecule has 1 atom stereocenters. The quantitative estimate of drug-likeness (QED) is 0.113. The Hall–Kier alpha value is -2.87. The van der Waals surface area contributed by atoms with Crippen molar-refractivity contribution in [1.29, 1.82) is 0 Å². The van der Waals surface area contributed by atoms with Crippen molar-refractivity contribution in [2.75, 3.05) is 18.6 Å². The number of methoxy groups -OCH3 is 1. The predicted molar refractivity (Wildman–Crippen MR) is 139 cm³/mol. The summed E-state index contributed by atoms with van der Waals surface area (Å²) in [6.45, 7) is 8.48. The molecule has 34 heavy (non-hydrogen) atoms. The first-order chi connectivity index (χ1) is 16.1. The van der Waals surface area contributed by atoms with Crippen LogP contribution in [0.5, 0.6) is 0 Å². The van der Waals surface area contributed by atoms with Gasteiger partial charge in [-0.1, -0.05) is 47.1 Å². The van der Waals surface area contributed by atoms with Gasteiger partial charge in [-0.15, -0.1) is 0 Å². The smallest absolute Gasteiger partial charge is 0.329 e. The Balaban J connectivity index is 2.56. The molecule has 186 valence electrons. The minimum absolute atomic E-state index is 0.0913. The molecule has 0 aromatic heterocycles. The minimum atomic E-state index is -0.901. The molecule has 8 heteroatoms. The number of benzene rings is 1. The van der Waals surface area contributed by atoms with Crippen LogP contribution in [-0.2, 0) is 9.53 Å². The van der Waals surface area contributed by atoms with Crippen LogP contribution in [0.3, 0.4) is 0 Å². The molecule has 0 bridgehead atoms. The molecule has 0 fully saturated rings. The van der Waals surface area contributed by atoms with Crippen molar-refractivity contribution in [2.24, 2.45) is 0 Å². The number of allylic oxidation sites excluding steroid dienone is 5. The number of rotatable bonds is 14. The van der Waals surface area contributed by atoms with Crippen LogP contribution in [0.1, 0.15) is 63.7 Å². The van der Waals surface area contributed by atoms with Gasteiger partial charge in [0.05, 0.1) is 12.0 Å². The summed E-state index contributed by atoms with van der Waals surface area (Å²) in [5, 5.41) is 13.7. The van der Waals surface area contributed by atoms with Gasteiger partial charge < -0.3 is 10.1 Å². The number of thioether (sulfide) groups is 1. The molecule has 0 heterocycles. The van der Waals surface area contributed by atoms with E-state index in [1.165, 1.54) is 59.9 Å². The van der Waals surface area contributed by atoms with Gasteiger partial charge in [-0.25, -0.2) is 4.79 Å². The predicted octanol–water partition coefficient (Wildman–Crippen LogP) is 6.02. The van der Waals surface area contributed by atoms with E-state index in [0.717, 1.165) is 25.7 Å². The lowest BCUT2D eigenvalue weighted by Gasteiger charge is -2.16. The van der Waals surface area contributed by atoms with E-state index in [9.17, 15) is 19.7 Å². The monoisotopic (exact) mass is 488 g/mol. The number of hydrogen-bond donors (Lipinski definition) is 1. The van der Waals surface area contributed by atoms with E-state index in [1.807, 2.05) is 0 Å². The van der Waals surface area contributed by atoms with Crippen molar-refractivity contribution < 1.29 is 19.2 Å². The lowest BCUT2D eigenvalue weighted by molar-refractivity contribution is -0.385. The van der Waals surface area contributed by atoms with Gasteiger partial charge in [0.2, 0.25) is 0 Å². The highest BCUT2D eigenvalue weighted by Gasteiger charge is 2.25. The zero-order chi connectivity index (χ0) is 25.5. The average Bonchev–Trinajstić information content (AvgIpc) is 2.80. The van der Waals surface area contributed by atoms with E-state index in [2.05, 4.69) is 51.2 Å². The summed E-state index contributed by atoms with van der Waals surface area (Å²) in [5.41, 5.74) is 3.61. The van der Waals surface area contributed by atoms with E-state index >= 15 is 0 Å². The Bertz CT molecular complexity index is 933. The molecule has 1 aromatic carbocycles. The summed E-state index contributed by atoms with van der Waals surface area (Å²) >= 11 is 1.49. The molecule has 7 nitrogen and oxygen atoms in total. The average molecular weight is 489 g/mol. The van der Waals surface area contributed by atoms with Crippen LogP contribution in [0.2, 0.25) is 0 Å². The van der Waals surface area contributed by atoms with Crippen molar-refractivity contribution in [3.05, 3.63) is 74.9 Å². The number of nitro groups is 1. The number of amides is 1. The lowest BCUT2D eigenvalue weighted by Crippen LogP contribution is -2.43. The van der Waals surface area contributed by atoms with Crippen LogP contribution < -0.4 is 5.32 Å². The van der Waals surface area contributed by atoms with Gasteiger partial charge in [-0.2, -0.15) is 11.8 Å². The molecule has 1 N–H and O–H groups in total. The number of carbonyl (C=O) groups excluding carboxylic acids is 2. The molecule has 0 aliphatic heterocycles.